The summed E-state index contributed by atoms with van der Waals surface area (Å²) in [5, 5.41) is 0.731. The Hall–Kier alpha value is -1.58. The molecule has 0 amide bonds. The zero-order valence-corrected chi connectivity index (χ0v) is 11.2. The average Bonchev–Trinajstić information content (AvgIpc) is 2.40. The molecule has 0 aliphatic rings. The van der Waals surface area contributed by atoms with Crippen molar-refractivity contribution in [1.82, 2.24) is 0 Å². The molecule has 0 aliphatic carbocycles. The summed E-state index contributed by atoms with van der Waals surface area (Å²) in [7, 11) is 0. The minimum Gasteiger partial charge on any atom is -0.487 e. The second-order valence-electron chi connectivity index (χ2n) is 3.83. The number of aldehydes is 1. The molecule has 2 aromatic carbocycles. The zero-order valence-electron chi connectivity index (χ0n) is 9.70. The lowest BCUT2D eigenvalue weighted by Gasteiger charge is -2.09. The molecule has 0 radical (unpaired) electrons. The fraction of sp³-hybridized carbons (Fsp3) is 0.0714. The third-order valence-electron chi connectivity index (χ3n) is 2.48. The molecule has 5 heteroatoms. The molecule has 0 fully saturated rings. The molecule has 0 aliphatic heterocycles. The minimum atomic E-state index is -0.398. The summed E-state index contributed by atoms with van der Waals surface area (Å²) in [4.78, 5) is 10.6. The second-order valence-corrected chi connectivity index (χ2v) is 4.68. The van der Waals surface area contributed by atoms with Gasteiger partial charge in [-0.3, -0.25) is 4.79 Å². The maximum absolute atomic E-state index is 13.5. The first-order valence-corrected chi connectivity index (χ1v) is 6.17. The molecular weight excluding hydrogens is 290 g/mol. The molecule has 0 saturated heterocycles. The SMILES string of the molecule is O=Cc1ccc(OCc2cc(Cl)ccc2F)c(Cl)c1. The van der Waals surface area contributed by atoms with Gasteiger partial charge >= 0.3 is 0 Å². The predicted octanol–water partition coefficient (Wildman–Crippen LogP) is 4.52. The van der Waals surface area contributed by atoms with Crippen LogP contribution >= 0.6 is 23.2 Å². The fourth-order valence-corrected chi connectivity index (χ4v) is 1.96. The van der Waals surface area contributed by atoms with Gasteiger partial charge in [0.15, 0.2) is 0 Å². The van der Waals surface area contributed by atoms with Crippen molar-refractivity contribution in [2.75, 3.05) is 0 Å². The van der Waals surface area contributed by atoms with Gasteiger partial charge in [-0.15, -0.1) is 0 Å². The standard InChI is InChI=1S/C14H9Cl2FO2/c15-11-2-3-13(17)10(6-11)8-19-14-4-1-9(7-18)5-12(14)16/h1-7H,8H2. The summed E-state index contributed by atoms with van der Waals surface area (Å²) in [6.07, 6.45) is 0.687. The maximum Gasteiger partial charge on any atom is 0.150 e. The maximum atomic E-state index is 13.5. The van der Waals surface area contributed by atoms with Gasteiger partial charge in [0, 0.05) is 16.1 Å². The van der Waals surface area contributed by atoms with Gasteiger partial charge in [-0.1, -0.05) is 23.2 Å². The summed E-state index contributed by atoms with van der Waals surface area (Å²) in [6, 6.07) is 8.85. The lowest BCUT2D eigenvalue weighted by Crippen LogP contribution is -1.99. The summed E-state index contributed by atoms with van der Waals surface area (Å²) < 4.78 is 18.9. The highest BCUT2D eigenvalue weighted by Gasteiger charge is 2.07. The van der Waals surface area contributed by atoms with Crippen LogP contribution in [-0.2, 0) is 6.61 Å². The Bertz CT molecular complexity index is 614. The highest BCUT2D eigenvalue weighted by molar-refractivity contribution is 6.32. The molecule has 0 unspecified atom stereocenters. The van der Waals surface area contributed by atoms with E-state index in [9.17, 15) is 9.18 Å². The Morgan fingerprint density at radius 1 is 1.16 bits per heavy atom. The van der Waals surface area contributed by atoms with E-state index in [4.69, 9.17) is 27.9 Å². The van der Waals surface area contributed by atoms with Crippen LogP contribution in [0.5, 0.6) is 5.75 Å². The highest BCUT2D eigenvalue weighted by Crippen LogP contribution is 2.26. The highest BCUT2D eigenvalue weighted by atomic mass is 35.5. The number of hydrogen-bond acceptors (Lipinski definition) is 2. The second kappa shape index (κ2) is 6.04. The molecule has 0 bridgehead atoms. The smallest absolute Gasteiger partial charge is 0.150 e. The third kappa shape index (κ3) is 3.46. The van der Waals surface area contributed by atoms with Crippen LogP contribution in [0.15, 0.2) is 36.4 Å². The number of carbonyl (C=O) groups is 1. The van der Waals surface area contributed by atoms with Crippen molar-refractivity contribution in [3.05, 3.63) is 63.4 Å². The topological polar surface area (TPSA) is 26.3 Å². The number of rotatable bonds is 4. The van der Waals surface area contributed by atoms with Gasteiger partial charge in [0.05, 0.1) is 5.02 Å². The first-order chi connectivity index (χ1) is 9.10. The van der Waals surface area contributed by atoms with Crippen LogP contribution in [0.3, 0.4) is 0 Å². The Labute approximate surface area is 119 Å². The quantitative estimate of drug-likeness (QED) is 0.776. The van der Waals surface area contributed by atoms with Crippen molar-refractivity contribution in [3.63, 3.8) is 0 Å². The average molecular weight is 299 g/mol. The van der Waals surface area contributed by atoms with Crippen LogP contribution in [0.1, 0.15) is 15.9 Å². The molecule has 0 heterocycles. The fourth-order valence-electron chi connectivity index (χ4n) is 1.52. The van der Waals surface area contributed by atoms with Gasteiger partial charge in [-0.2, -0.15) is 0 Å². The van der Waals surface area contributed by atoms with Gasteiger partial charge in [-0.05, 0) is 36.4 Å². The Morgan fingerprint density at radius 2 is 1.95 bits per heavy atom. The molecule has 2 nitrogen and oxygen atoms in total. The Kier molecular flexibility index (Phi) is 4.40. The van der Waals surface area contributed by atoms with Crippen LogP contribution in [0.4, 0.5) is 4.39 Å². The summed E-state index contributed by atoms with van der Waals surface area (Å²) >= 11 is 11.7. The van der Waals surface area contributed by atoms with Crippen molar-refractivity contribution < 1.29 is 13.9 Å². The first-order valence-electron chi connectivity index (χ1n) is 5.41. The molecular formula is C14H9Cl2FO2. The zero-order chi connectivity index (χ0) is 13.8. The van der Waals surface area contributed by atoms with Crippen LogP contribution in [0.2, 0.25) is 10.0 Å². The predicted molar refractivity (Wildman–Crippen MR) is 72.6 cm³/mol. The summed E-state index contributed by atoms with van der Waals surface area (Å²) in [5.41, 5.74) is 0.786. The summed E-state index contributed by atoms with van der Waals surface area (Å²) in [5.74, 6) is -0.0170. The van der Waals surface area contributed by atoms with E-state index >= 15 is 0 Å². The number of hydrogen-bond donors (Lipinski definition) is 0. The molecule has 0 saturated carbocycles. The molecule has 0 N–H and O–H groups in total. The molecule has 2 aromatic rings. The third-order valence-corrected chi connectivity index (χ3v) is 3.01. The van der Waals surface area contributed by atoms with Crippen LogP contribution < -0.4 is 4.74 Å². The van der Waals surface area contributed by atoms with Crippen LogP contribution in [-0.4, -0.2) is 6.29 Å². The Balaban J connectivity index is 2.14. The van der Waals surface area contributed by atoms with E-state index in [1.165, 1.54) is 24.3 Å². The molecule has 98 valence electrons. The van der Waals surface area contributed by atoms with Crippen molar-refractivity contribution in [2.24, 2.45) is 0 Å². The van der Waals surface area contributed by atoms with Crippen molar-refractivity contribution in [1.29, 1.82) is 0 Å². The van der Waals surface area contributed by atoms with Crippen molar-refractivity contribution >= 4 is 29.5 Å². The lowest BCUT2D eigenvalue weighted by molar-refractivity contribution is 0.112. The van der Waals surface area contributed by atoms with Crippen LogP contribution in [0, 0.1) is 5.82 Å². The number of carbonyl (C=O) groups excluding carboxylic acids is 1. The van der Waals surface area contributed by atoms with E-state index < -0.39 is 5.82 Å². The molecule has 0 aromatic heterocycles. The van der Waals surface area contributed by atoms with Gasteiger partial charge < -0.3 is 4.74 Å². The first kappa shape index (κ1) is 13.8. The normalized spacial score (nSPS) is 10.3. The van der Waals surface area contributed by atoms with Crippen molar-refractivity contribution in [2.45, 2.75) is 6.61 Å². The van der Waals surface area contributed by atoms with Gasteiger partial charge in [-0.25, -0.2) is 4.39 Å². The monoisotopic (exact) mass is 298 g/mol. The van der Waals surface area contributed by atoms with E-state index in [0.717, 1.165) is 0 Å². The molecule has 0 spiro atoms. The van der Waals surface area contributed by atoms with E-state index in [0.29, 0.717) is 33.2 Å². The van der Waals surface area contributed by atoms with E-state index in [-0.39, 0.29) is 6.61 Å². The van der Waals surface area contributed by atoms with E-state index in [1.54, 1.807) is 12.1 Å². The number of halogens is 3. The van der Waals surface area contributed by atoms with E-state index in [1.807, 2.05) is 0 Å². The summed E-state index contributed by atoms with van der Waals surface area (Å²) in [6.45, 7) is 0.00650. The van der Waals surface area contributed by atoms with Gasteiger partial charge in [0.2, 0.25) is 0 Å². The molecule has 2 rings (SSSR count). The minimum absolute atomic E-state index is 0.00650. The van der Waals surface area contributed by atoms with Crippen LogP contribution in [0.25, 0.3) is 0 Å². The van der Waals surface area contributed by atoms with Gasteiger partial charge in [0.1, 0.15) is 24.5 Å². The van der Waals surface area contributed by atoms with Crippen molar-refractivity contribution in [3.8, 4) is 5.75 Å². The Morgan fingerprint density at radius 3 is 2.63 bits per heavy atom. The molecule has 0 atom stereocenters. The van der Waals surface area contributed by atoms with Gasteiger partial charge in [0.25, 0.3) is 0 Å². The lowest BCUT2D eigenvalue weighted by atomic mass is 10.2. The molecule has 19 heavy (non-hydrogen) atoms. The number of ether oxygens (including phenoxy) is 1. The van der Waals surface area contributed by atoms with E-state index in [2.05, 4.69) is 0 Å². The largest absolute Gasteiger partial charge is 0.487 e. The number of benzene rings is 2.